The summed E-state index contributed by atoms with van der Waals surface area (Å²) >= 11 is 0. The van der Waals surface area contributed by atoms with Gasteiger partial charge in [0.1, 0.15) is 13.2 Å². The number of rotatable bonds is 63. The number of ether oxygens (including phenoxy) is 3. The molecule has 0 spiro atoms. The maximum Gasteiger partial charge on any atom is 0.306 e. The van der Waals surface area contributed by atoms with Gasteiger partial charge in [-0.1, -0.05) is 317 Å². The predicted molar refractivity (Wildman–Crippen MR) is 353 cm³/mol. The summed E-state index contributed by atoms with van der Waals surface area (Å²) in [6, 6.07) is 0. The van der Waals surface area contributed by atoms with Crippen LogP contribution in [0.25, 0.3) is 0 Å². The van der Waals surface area contributed by atoms with E-state index in [1.54, 1.807) is 0 Å². The van der Waals surface area contributed by atoms with E-state index in [1.165, 1.54) is 193 Å². The fourth-order valence-electron chi connectivity index (χ4n) is 9.89. The average Bonchev–Trinajstić information content (AvgIpc) is 3.47. The Kier molecular flexibility index (Phi) is 65.7. The molecular formula is C75H130O6. The van der Waals surface area contributed by atoms with Gasteiger partial charge in [0.05, 0.1) is 0 Å². The van der Waals surface area contributed by atoms with Gasteiger partial charge in [0.15, 0.2) is 6.10 Å². The molecule has 0 N–H and O–H groups in total. The van der Waals surface area contributed by atoms with Crippen LogP contribution in [0, 0.1) is 0 Å². The average molecular weight is 1130 g/mol. The first-order valence-corrected chi connectivity index (χ1v) is 34.7. The van der Waals surface area contributed by atoms with E-state index in [9.17, 15) is 14.4 Å². The summed E-state index contributed by atoms with van der Waals surface area (Å²) in [4.78, 5) is 38.5. The van der Waals surface area contributed by atoms with Crippen LogP contribution < -0.4 is 0 Å². The monoisotopic (exact) mass is 1130 g/mol. The highest BCUT2D eigenvalue weighted by Crippen LogP contribution is 2.17. The smallest absolute Gasteiger partial charge is 0.306 e. The summed E-state index contributed by atoms with van der Waals surface area (Å²) in [7, 11) is 0. The third-order valence-corrected chi connectivity index (χ3v) is 15.1. The van der Waals surface area contributed by atoms with Crippen LogP contribution in [0.1, 0.15) is 342 Å². The number of carbonyl (C=O) groups is 3. The molecule has 0 rings (SSSR count). The second kappa shape index (κ2) is 68.8. The van der Waals surface area contributed by atoms with Gasteiger partial charge in [-0.25, -0.2) is 0 Å². The van der Waals surface area contributed by atoms with Gasteiger partial charge in [-0.2, -0.15) is 0 Å². The minimum Gasteiger partial charge on any atom is -0.462 e. The maximum atomic E-state index is 13.0. The third kappa shape index (κ3) is 67.0. The van der Waals surface area contributed by atoms with Gasteiger partial charge in [-0.3, -0.25) is 14.4 Å². The highest BCUT2D eigenvalue weighted by atomic mass is 16.6. The molecule has 6 heteroatoms. The summed E-state index contributed by atoms with van der Waals surface area (Å²) in [5.41, 5.74) is 0. The van der Waals surface area contributed by atoms with E-state index in [1.807, 2.05) is 0 Å². The largest absolute Gasteiger partial charge is 0.462 e. The van der Waals surface area contributed by atoms with Gasteiger partial charge in [-0.15, -0.1) is 0 Å². The molecule has 1 atom stereocenters. The number of esters is 3. The lowest BCUT2D eigenvalue weighted by molar-refractivity contribution is -0.167. The number of hydrogen-bond donors (Lipinski definition) is 0. The van der Waals surface area contributed by atoms with Crippen LogP contribution >= 0.6 is 0 Å². The van der Waals surface area contributed by atoms with Crippen LogP contribution in [0.5, 0.6) is 0 Å². The summed E-state index contributed by atoms with van der Waals surface area (Å²) in [5, 5.41) is 0. The summed E-state index contributed by atoms with van der Waals surface area (Å²) < 4.78 is 17.0. The Morgan fingerprint density at radius 2 is 0.481 bits per heavy atom. The number of unbranched alkanes of at least 4 members (excludes halogenated alkanes) is 36. The van der Waals surface area contributed by atoms with Crippen LogP contribution in [-0.2, 0) is 28.6 Å². The van der Waals surface area contributed by atoms with Crippen molar-refractivity contribution in [2.24, 2.45) is 0 Å². The van der Waals surface area contributed by atoms with Crippen LogP contribution in [0.3, 0.4) is 0 Å². The molecule has 0 aromatic carbocycles. The lowest BCUT2D eigenvalue weighted by Crippen LogP contribution is -2.30. The molecule has 0 saturated heterocycles. The van der Waals surface area contributed by atoms with Gasteiger partial charge >= 0.3 is 17.9 Å². The molecule has 0 aliphatic heterocycles. The number of allylic oxidation sites excluding steroid dienone is 16. The van der Waals surface area contributed by atoms with E-state index in [0.717, 1.165) is 109 Å². The summed E-state index contributed by atoms with van der Waals surface area (Å²) in [6.07, 6.45) is 92.8. The van der Waals surface area contributed by atoms with Gasteiger partial charge in [-0.05, 0) is 103 Å². The lowest BCUT2D eigenvalue weighted by Gasteiger charge is -2.18. The Labute approximate surface area is 502 Å². The summed E-state index contributed by atoms with van der Waals surface area (Å²) in [5.74, 6) is -0.908. The standard InChI is InChI=1S/C75H130O6/c1-4-7-10-13-16-19-22-25-28-31-34-36-37-38-39-40-42-44-47-50-53-56-59-62-65-68-74(77)80-71-72(70-79-73(76)67-64-61-58-55-52-49-46-43-33-30-27-24-21-18-15-12-9-6-3)81-75(78)69-66-63-60-57-54-51-48-45-41-35-32-29-26-23-20-17-14-11-8-5-2/h7,10,16,19,25,28,30,33-34,36,38-39,42,44,50,53,72H,4-6,8-9,11-15,17-18,20-24,26-27,29,31-32,35,37,40-41,43,45-49,51-52,54-71H2,1-3H3/b10-7-,19-16-,28-25-,33-30-,36-34-,39-38-,44-42-,53-50-. The van der Waals surface area contributed by atoms with Crippen molar-refractivity contribution in [3.05, 3.63) is 97.2 Å². The van der Waals surface area contributed by atoms with Gasteiger partial charge < -0.3 is 14.2 Å². The van der Waals surface area contributed by atoms with E-state index in [2.05, 4.69) is 118 Å². The molecule has 0 radical (unpaired) electrons. The number of hydrogen-bond acceptors (Lipinski definition) is 6. The van der Waals surface area contributed by atoms with E-state index in [-0.39, 0.29) is 31.1 Å². The molecule has 0 aromatic rings. The van der Waals surface area contributed by atoms with Crippen molar-refractivity contribution in [3.63, 3.8) is 0 Å². The topological polar surface area (TPSA) is 78.9 Å². The first kappa shape index (κ1) is 77.3. The lowest BCUT2D eigenvalue weighted by atomic mass is 10.0. The Bertz CT molecular complexity index is 1580. The predicted octanol–water partition coefficient (Wildman–Crippen LogP) is 24.0. The summed E-state index contributed by atoms with van der Waals surface area (Å²) in [6.45, 7) is 6.54. The van der Waals surface area contributed by atoms with E-state index in [0.29, 0.717) is 19.3 Å². The van der Waals surface area contributed by atoms with E-state index in [4.69, 9.17) is 14.2 Å². The molecule has 81 heavy (non-hydrogen) atoms. The maximum absolute atomic E-state index is 13.0. The highest BCUT2D eigenvalue weighted by Gasteiger charge is 2.19. The minimum absolute atomic E-state index is 0.0878. The Morgan fingerprint density at radius 1 is 0.259 bits per heavy atom. The van der Waals surface area contributed by atoms with Crippen molar-refractivity contribution in [1.82, 2.24) is 0 Å². The molecule has 6 nitrogen and oxygen atoms in total. The van der Waals surface area contributed by atoms with Crippen molar-refractivity contribution >= 4 is 17.9 Å². The SMILES string of the molecule is CC/C=C\C/C=C\C/C=C\C/C=C\C/C=C\C/C=C\C/C=C\CCCCCC(=O)OCC(COC(=O)CCCCCCCCC/C=C\CCCCCCCCC)OC(=O)CCCCCCCCCCCCCCCCCCCCCC. The third-order valence-electron chi connectivity index (χ3n) is 15.1. The fraction of sp³-hybridized carbons (Fsp3) is 0.747. The van der Waals surface area contributed by atoms with E-state index < -0.39 is 6.10 Å². The van der Waals surface area contributed by atoms with Crippen LogP contribution in [0.2, 0.25) is 0 Å². The van der Waals surface area contributed by atoms with Crippen LogP contribution in [0.15, 0.2) is 97.2 Å². The van der Waals surface area contributed by atoms with Crippen LogP contribution in [0.4, 0.5) is 0 Å². The second-order valence-electron chi connectivity index (χ2n) is 23.1. The van der Waals surface area contributed by atoms with Crippen molar-refractivity contribution in [2.45, 2.75) is 348 Å². The normalized spacial score (nSPS) is 12.7. The number of carbonyl (C=O) groups excluding carboxylic acids is 3. The first-order chi connectivity index (χ1) is 40.0. The highest BCUT2D eigenvalue weighted by molar-refractivity contribution is 5.71. The quantitative estimate of drug-likeness (QED) is 0.0261. The molecule has 466 valence electrons. The zero-order chi connectivity index (χ0) is 58.5. The van der Waals surface area contributed by atoms with Gasteiger partial charge in [0, 0.05) is 19.3 Å². The molecule has 0 fully saturated rings. The van der Waals surface area contributed by atoms with E-state index >= 15 is 0 Å². The Balaban J connectivity index is 4.43. The van der Waals surface area contributed by atoms with Crippen molar-refractivity contribution < 1.29 is 28.6 Å². The zero-order valence-electron chi connectivity index (χ0n) is 53.5. The second-order valence-corrected chi connectivity index (χ2v) is 23.1. The molecule has 0 aromatic heterocycles. The molecule has 0 heterocycles. The molecule has 0 bridgehead atoms. The minimum atomic E-state index is -0.794. The molecule has 0 aliphatic rings. The van der Waals surface area contributed by atoms with Gasteiger partial charge in [0.25, 0.3) is 0 Å². The van der Waals surface area contributed by atoms with Crippen molar-refractivity contribution in [1.29, 1.82) is 0 Å². The molecule has 0 amide bonds. The van der Waals surface area contributed by atoms with Crippen molar-refractivity contribution in [3.8, 4) is 0 Å². The zero-order valence-corrected chi connectivity index (χ0v) is 53.5. The molecule has 0 aliphatic carbocycles. The van der Waals surface area contributed by atoms with Gasteiger partial charge in [0.2, 0.25) is 0 Å². The Hall–Kier alpha value is -3.67. The molecule has 1 unspecified atom stereocenters. The molecular weight excluding hydrogens is 997 g/mol. The Morgan fingerprint density at radius 3 is 0.778 bits per heavy atom. The van der Waals surface area contributed by atoms with Crippen molar-refractivity contribution in [2.75, 3.05) is 13.2 Å². The fourth-order valence-corrected chi connectivity index (χ4v) is 9.89. The molecule has 0 saturated carbocycles. The first-order valence-electron chi connectivity index (χ1n) is 34.7. The van der Waals surface area contributed by atoms with Crippen LogP contribution in [-0.4, -0.2) is 37.2 Å².